The van der Waals surface area contributed by atoms with Gasteiger partial charge in [-0.25, -0.2) is 15.0 Å². The van der Waals surface area contributed by atoms with Gasteiger partial charge in [-0.15, -0.1) is 0 Å². The summed E-state index contributed by atoms with van der Waals surface area (Å²) in [5.41, 5.74) is 1.05. The van der Waals surface area contributed by atoms with Gasteiger partial charge in [-0.05, 0) is 13.8 Å². The Hall–Kier alpha value is -1.60. The van der Waals surface area contributed by atoms with E-state index >= 15 is 0 Å². The van der Waals surface area contributed by atoms with Gasteiger partial charge in [0.25, 0.3) is 0 Å². The number of anilines is 1. The van der Waals surface area contributed by atoms with Crippen LogP contribution < -0.4 is 4.90 Å². The van der Waals surface area contributed by atoms with Gasteiger partial charge < -0.3 is 14.7 Å². The van der Waals surface area contributed by atoms with Crippen LogP contribution in [0.2, 0.25) is 0 Å². The molecule has 2 aromatic rings. The van der Waals surface area contributed by atoms with Crippen LogP contribution in [-0.4, -0.2) is 73.1 Å². The van der Waals surface area contributed by atoms with Crippen LogP contribution in [0.5, 0.6) is 0 Å². The second-order valence-electron chi connectivity index (χ2n) is 5.94. The van der Waals surface area contributed by atoms with E-state index < -0.39 is 8.38 Å². The Morgan fingerprint density at radius 3 is 2.38 bits per heavy atom. The minimum atomic E-state index is -1.80. The third kappa shape index (κ3) is 3.89. The number of hydrogen-bond donors (Lipinski definition) is 2. The molecule has 0 unspecified atom stereocenters. The van der Waals surface area contributed by atoms with Crippen LogP contribution in [0.15, 0.2) is 18.6 Å². The van der Waals surface area contributed by atoms with Gasteiger partial charge in [-0.3, -0.25) is 9.47 Å². The van der Waals surface area contributed by atoms with Crippen molar-refractivity contribution in [2.75, 3.05) is 43.8 Å². The second kappa shape index (κ2) is 7.53. The van der Waals surface area contributed by atoms with Gasteiger partial charge in [0, 0.05) is 56.8 Å². The first-order chi connectivity index (χ1) is 11.5. The molecular formula is C15H23N6O2P. The molecule has 0 spiro atoms. The molecule has 24 heavy (non-hydrogen) atoms. The lowest BCUT2D eigenvalue weighted by atomic mass is 10.3. The fraction of sp³-hybridized carbons (Fsp3) is 0.533. The number of nitrogens with zero attached hydrogens (tertiary/aromatic N) is 6. The molecule has 1 aliphatic heterocycles. The first-order valence-electron chi connectivity index (χ1n) is 8.00. The average molecular weight is 350 g/mol. The molecule has 2 N–H and O–H groups in total. The zero-order valence-electron chi connectivity index (χ0n) is 14.0. The average Bonchev–Trinajstić information content (AvgIpc) is 2.92. The SMILES string of the molecule is Cc1cnc(C)n1-c1cc(N2CCN(CCP(O)O)CC2)ncn1. The summed E-state index contributed by atoms with van der Waals surface area (Å²) < 4.78 is 2.02. The van der Waals surface area contributed by atoms with Crippen LogP contribution in [0.25, 0.3) is 5.82 Å². The molecule has 1 fully saturated rings. The minimum Gasteiger partial charge on any atom is -0.354 e. The van der Waals surface area contributed by atoms with Gasteiger partial charge in [0.2, 0.25) is 0 Å². The Labute approximate surface area is 142 Å². The van der Waals surface area contributed by atoms with Crippen LogP contribution >= 0.6 is 8.38 Å². The van der Waals surface area contributed by atoms with Crippen molar-refractivity contribution in [3.8, 4) is 5.82 Å². The fourth-order valence-corrected chi connectivity index (χ4v) is 3.43. The molecule has 0 atom stereocenters. The van der Waals surface area contributed by atoms with Crippen LogP contribution in [-0.2, 0) is 0 Å². The van der Waals surface area contributed by atoms with Crippen molar-refractivity contribution in [1.29, 1.82) is 0 Å². The van der Waals surface area contributed by atoms with Crippen LogP contribution in [0.3, 0.4) is 0 Å². The molecule has 2 aromatic heterocycles. The zero-order chi connectivity index (χ0) is 17.1. The summed E-state index contributed by atoms with van der Waals surface area (Å²) in [7, 11) is -1.80. The van der Waals surface area contributed by atoms with Crippen molar-refractivity contribution < 1.29 is 9.79 Å². The monoisotopic (exact) mass is 350 g/mol. The summed E-state index contributed by atoms with van der Waals surface area (Å²) in [5.74, 6) is 2.66. The normalized spacial score (nSPS) is 16.1. The second-order valence-corrected chi connectivity index (χ2v) is 7.13. The molecular weight excluding hydrogens is 327 g/mol. The molecule has 3 heterocycles. The number of rotatable bonds is 5. The Morgan fingerprint density at radius 1 is 1.04 bits per heavy atom. The van der Waals surface area contributed by atoms with Crippen molar-refractivity contribution in [2.24, 2.45) is 0 Å². The molecule has 0 aromatic carbocycles. The summed E-state index contributed by atoms with van der Waals surface area (Å²) in [6, 6.07) is 2.00. The number of aromatic nitrogens is 4. The highest BCUT2D eigenvalue weighted by molar-refractivity contribution is 7.45. The summed E-state index contributed by atoms with van der Waals surface area (Å²) >= 11 is 0. The summed E-state index contributed by atoms with van der Waals surface area (Å²) in [5, 5.41) is 0. The van der Waals surface area contributed by atoms with Gasteiger partial charge in [-0.2, -0.15) is 0 Å². The van der Waals surface area contributed by atoms with Gasteiger partial charge in [0.15, 0.2) is 8.38 Å². The Kier molecular flexibility index (Phi) is 5.40. The molecule has 0 saturated carbocycles. The third-order valence-electron chi connectivity index (χ3n) is 4.29. The lowest BCUT2D eigenvalue weighted by Crippen LogP contribution is -2.47. The highest BCUT2D eigenvalue weighted by Crippen LogP contribution is 2.23. The molecule has 1 aliphatic rings. The maximum atomic E-state index is 9.04. The minimum absolute atomic E-state index is 0.451. The molecule has 0 aliphatic carbocycles. The molecule has 130 valence electrons. The van der Waals surface area contributed by atoms with E-state index in [0.29, 0.717) is 6.16 Å². The Morgan fingerprint density at radius 2 is 1.75 bits per heavy atom. The molecule has 0 amide bonds. The molecule has 8 nitrogen and oxygen atoms in total. The standard InChI is InChI=1S/C15H23N6O2P/c1-12-10-16-13(2)21(12)15-9-14(17-11-18-15)20-5-3-19(4-6-20)7-8-24(22)23/h9-11,22-23H,3-8H2,1-2H3. The van der Waals surface area contributed by atoms with Crippen molar-refractivity contribution in [1.82, 2.24) is 24.4 Å². The lowest BCUT2D eigenvalue weighted by Gasteiger charge is -2.35. The van der Waals surface area contributed by atoms with Crippen LogP contribution in [0, 0.1) is 13.8 Å². The van der Waals surface area contributed by atoms with E-state index in [9.17, 15) is 0 Å². The van der Waals surface area contributed by atoms with Gasteiger partial charge in [0.05, 0.1) is 0 Å². The quantitative estimate of drug-likeness (QED) is 0.767. The maximum absolute atomic E-state index is 9.04. The predicted molar refractivity (Wildman–Crippen MR) is 93.5 cm³/mol. The first-order valence-corrected chi connectivity index (χ1v) is 9.44. The molecule has 0 radical (unpaired) electrons. The number of imidazole rings is 1. The summed E-state index contributed by atoms with van der Waals surface area (Å²) in [4.78, 5) is 35.7. The maximum Gasteiger partial charge on any atom is 0.166 e. The lowest BCUT2D eigenvalue weighted by molar-refractivity contribution is 0.269. The first kappa shape index (κ1) is 17.2. The van der Waals surface area contributed by atoms with E-state index in [4.69, 9.17) is 9.79 Å². The van der Waals surface area contributed by atoms with E-state index in [1.807, 2.05) is 30.7 Å². The molecule has 0 bridgehead atoms. The topological polar surface area (TPSA) is 90.5 Å². The summed E-state index contributed by atoms with van der Waals surface area (Å²) in [6.45, 7) is 8.23. The van der Waals surface area contributed by atoms with Crippen molar-refractivity contribution >= 4 is 14.2 Å². The van der Waals surface area contributed by atoms with Crippen LogP contribution in [0.4, 0.5) is 5.82 Å². The number of piperazine rings is 1. The summed E-state index contributed by atoms with van der Waals surface area (Å²) in [6.07, 6.45) is 3.89. The van der Waals surface area contributed by atoms with E-state index in [1.165, 1.54) is 0 Å². The molecule has 9 heteroatoms. The Balaban J connectivity index is 1.68. The van der Waals surface area contributed by atoms with Gasteiger partial charge in [-0.1, -0.05) is 0 Å². The van der Waals surface area contributed by atoms with E-state index in [2.05, 4.69) is 24.8 Å². The molecule has 1 saturated heterocycles. The highest BCUT2D eigenvalue weighted by Gasteiger charge is 2.19. The number of hydrogen-bond acceptors (Lipinski definition) is 7. The van der Waals surface area contributed by atoms with Crippen molar-refractivity contribution in [3.05, 3.63) is 30.1 Å². The van der Waals surface area contributed by atoms with E-state index in [0.717, 1.165) is 55.9 Å². The van der Waals surface area contributed by atoms with E-state index in [-0.39, 0.29) is 0 Å². The number of aryl methyl sites for hydroxylation is 2. The Bertz CT molecular complexity index is 665. The van der Waals surface area contributed by atoms with E-state index in [1.54, 1.807) is 6.33 Å². The fourth-order valence-electron chi connectivity index (χ4n) is 2.97. The van der Waals surface area contributed by atoms with Crippen molar-refractivity contribution in [2.45, 2.75) is 13.8 Å². The molecule has 3 rings (SSSR count). The highest BCUT2D eigenvalue weighted by atomic mass is 31.2. The van der Waals surface area contributed by atoms with Crippen molar-refractivity contribution in [3.63, 3.8) is 0 Å². The van der Waals surface area contributed by atoms with Gasteiger partial charge in [0.1, 0.15) is 23.8 Å². The largest absolute Gasteiger partial charge is 0.354 e. The zero-order valence-corrected chi connectivity index (χ0v) is 14.9. The third-order valence-corrected chi connectivity index (χ3v) is 4.89. The van der Waals surface area contributed by atoms with Crippen LogP contribution in [0.1, 0.15) is 11.5 Å². The predicted octanol–water partition coefficient (Wildman–Crippen LogP) is 0.698. The smallest absolute Gasteiger partial charge is 0.166 e. The van der Waals surface area contributed by atoms with Gasteiger partial charge >= 0.3 is 0 Å².